The van der Waals surface area contributed by atoms with E-state index in [0.717, 1.165) is 6.07 Å². The van der Waals surface area contributed by atoms with Crippen molar-refractivity contribution in [1.82, 2.24) is 4.57 Å². The number of rotatable bonds is 2. The maximum absolute atomic E-state index is 10.6. The first-order valence-electron chi connectivity index (χ1n) is 3.13. The van der Waals surface area contributed by atoms with E-state index in [0.29, 0.717) is 0 Å². The molecule has 0 spiro atoms. The van der Waals surface area contributed by atoms with Gasteiger partial charge in [0.25, 0.3) is 11.6 Å². The molecule has 13 heavy (non-hydrogen) atoms. The quantitative estimate of drug-likeness (QED) is 0.561. The molecule has 0 aliphatic carbocycles. The van der Waals surface area contributed by atoms with E-state index in [1.165, 1.54) is 17.8 Å². The van der Waals surface area contributed by atoms with Crippen LogP contribution in [0.4, 0.5) is 5.69 Å². The van der Waals surface area contributed by atoms with Crippen LogP contribution in [0.5, 0.6) is 0 Å². The van der Waals surface area contributed by atoms with E-state index >= 15 is 0 Å². The normalized spacial score (nSPS) is 9.00. The molecule has 0 atom stereocenters. The third-order valence-electron chi connectivity index (χ3n) is 1.45. The lowest BCUT2D eigenvalue weighted by atomic mass is 10.4. The minimum Gasteiger partial charge on any atom is -0.364 e. The number of aryl methyl sites for hydroxylation is 1. The van der Waals surface area contributed by atoms with E-state index in [1.54, 1.807) is 0 Å². The van der Waals surface area contributed by atoms with Gasteiger partial charge in [0.05, 0.1) is 11.1 Å². The smallest absolute Gasteiger partial charge is 0.287 e. The van der Waals surface area contributed by atoms with Gasteiger partial charge in [-0.15, -0.1) is 12.4 Å². The van der Waals surface area contributed by atoms with Gasteiger partial charge in [0.15, 0.2) is 0 Å². The molecule has 1 aromatic heterocycles. The maximum Gasteiger partial charge on any atom is 0.287 e. The third-order valence-corrected chi connectivity index (χ3v) is 1.45. The second-order valence-electron chi connectivity index (χ2n) is 2.32. The highest BCUT2D eigenvalue weighted by atomic mass is 35.5. The molecule has 72 valence electrons. The number of aromatic nitrogens is 1. The van der Waals surface area contributed by atoms with Crippen molar-refractivity contribution in [2.24, 2.45) is 12.8 Å². The van der Waals surface area contributed by atoms with Crippen LogP contribution in [0.15, 0.2) is 12.3 Å². The van der Waals surface area contributed by atoms with Crippen LogP contribution in [0.3, 0.4) is 0 Å². The van der Waals surface area contributed by atoms with Crippen molar-refractivity contribution in [3.05, 3.63) is 28.1 Å². The van der Waals surface area contributed by atoms with Gasteiger partial charge in [0.2, 0.25) is 0 Å². The fourth-order valence-corrected chi connectivity index (χ4v) is 0.892. The Bertz CT molecular complexity index is 347. The number of nitrogens with zero attached hydrogens (tertiary/aromatic N) is 2. The van der Waals surface area contributed by atoms with E-state index in [1.807, 2.05) is 0 Å². The molecule has 0 aromatic carbocycles. The largest absolute Gasteiger partial charge is 0.364 e. The van der Waals surface area contributed by atoms with Crippen LogP contribution in [0.25, 0.3) is 0 Å². The molecule has 0 aliphatic rings. The molecule has 1 aromatic rings. The third kappa shape index (κ3) is 2.19. The van der Waals surface area contributed by atoms with Gasteiger partial charge >= 0.3 is 0 Å². The molecule has 0 radical (unpaired) electrons. The summed E-state index contributed by atoms with van der Waals surface area (Å²) in [7, 11) is 1.52. The van der Waals surface area contributed by atoms with Gasteiger partial charge in [-0.1, -0.05) is 0 Å². The van der Waals surface area contributed by atoms with Gasteiger partial charge in [-0.3, -0.25) is 14.9 Å². The molecule has 0 fully saturated rings. The van der Waals surface area contributed by atoms with Crippen molar-refractivity contribution < 1.29 is 9.72 Å². The number of halogens is 1. The zero-order chi connectivity index (χ0) is 9.30. The van der Waals surface area contributed by atoms with E-state index in [9.17, 15) is 14.9 Å². The molecule has 2 N–H and O–H groups in total. The first-order chi connectivity index (χ1) is 5.52. The fraction of sp³-hybridized carbons (Fsp3) is 0.167. The topological polar surface area (TPSA) is 91.2 Å². The number of amides is 1. The molecule has 0 bridgehead atoms. The lowest BCUT2D eigenvalue weighted by Crippen LogP contribution is -2.14. The Morgan fingerprint density at radius 3 is 2.46 bits per heavy atom. The summed E-state index contributed by atoms with van der Waals surface area (Å²) >= 11 is 0. The second kappa shape index (κ2) is 3.90. The van der Waals surface area contributed by atoms with Crippen LogP contribution in [-0.4, -0.2) is 15.4 Å². The van der Waals surface area contributed by atoms with Gasteiger partial charge in [-0.05, 0) is 0 Å². The molecular weight excluding hydrogens is 198 g/mol. The molecule has 1 amide bonds. The summed E-state index contributed by atoms with van der Waals surface area (Å²) in [6, 6.07) is 1.14. The Labute approximate surface area is 79.9 Å². The van der Waals surface area contributed by atoms with E-state index in [4.69, 9.17) is 5.73 Å². The molecule has 6 nitrogen and oxygen atoms in total. The SMILES string of the molecule is Cl.Cn1cc([N+](=O)[O-])cc1C(N)=O. The molecular formula is C6H8ClN3O3. The Hall–Kier alpha value is -1.56. The van der Waals surface area contributed by atoms with Crippen molar-refractivity contribution in [1.29, 1.82) is 0 Å². The summed E-state index contributed by atoms with van der Waals surface area (Å²) in [5.41, 5.74) is 4.94. The molecule has 0 saturated heterocycles. The van der Waals surface area contributed by atoms with Gasteiger partial charge in [0.1, 0.15) is 5.69 Å². The monoisotopic (exact) mass is 205 g/mol. The number of carbonyl (C=O) groups is 1. The molecule has 1 heterocycles. The zero-order valence-electron chi connectivity index (χ0n) is 6.76. The summed E-state index contributed by atoms with van der Waals surface area (Å²) < 4.78 is 1.32. The zero-order valence-corrected chi connectivity index (χ0v) is 7.58. The first-order valence-corrected chi connectivity index (χ1v) is 3.13. The van der Waals surface area contributed by atoms with E-state index in [-0.39, 0.29) is 23.8 Å². The summed E-state index contributed by atoms with van der Waals surface area (Å²) in [6.45, 7) is 0. The Morgan fingerprint density at radius 1 is 1.69 bits per heavy atom. The summed E-state index contributed by atoms with van der Waals surface area (Å²) in [5.74, 6) is -0.675. The van der Waals surface area contributed by atoms with Crippen LogP contribution >= 0.6 is 12.4 Å². The second-order valence-corrected chi connectivity index (χ2v) is 2.32. The summed E-state index contributed by atoms with van der Waals surface area (Å²) in [6.07, 6.45) is 1.24. The highest BCUT2D eigenvalue weighted by Gasteiger charge is 2.14. The summed E-state index contributed by atoms with van der Waals surface area (Å²) in [4.78, 5) is 20.3. The van der Waals surface area contributed by atoms with E-state index < -0.39 is 10.8 Å². The van der Waals surface area contributed by atoms with Crippen LogP contribution in [0, 0.1) is 10.1 Å². The predicted molar refractivity (Wildman–Crippen MR) is 47.8 cm³/mol. The predicted octanol–water partition coefficient (Wildman–Crippen LogP) is 0.454. The van der Waals surface area contributed by atoms with Crippen molar-refractivity contribution in [3.8, 4) is 0 Å². The van der Waals surface area contributed by atoms with Gasteiger partial charge in [-0.25, -0.2) is 0 Å². The van der Waals surface area contributed by atoms with Crippen LogP contribution < -0.4 is 5.73 Å². The highest BCUT2D eigenvalue weighted by Crippen LogP contribution is 2.14. The molecule has 7 heteroatoms. The Balaban J connectivity index is 0.00000144. The lowest BCUT2D eigenvalue weighted by Gasteiger charge is -1.93. The average Bonchev–Trinajstić information content (AvgIpc) is 2.30. The van der Waals surface area contributed by atoms with Crippen molar-refractivity contribution >= 4 is 24.0 Å². The molecule has 1 rings (SSSR count). The number of hydrogen-bond donors (Lipinski definition) is 1. The number of nitrogens with two attached hydrogens (primary N) is 1. The van der Waals surface area contributed by atoms with Crippen LogP contribution in [-0.2, 0) is 7.05 Å². The minimum atomic E-state index is -0.675. The number of primary amides is 1. The number of carbonyl (C=O) groups excluding carboxylic acids is 1. The number of nitro groups is 1. The summed E-state index contributed by atoms with van der Waals surface area (Å²) in [5, 5.41) is 10.2. The Kier molecular flexibility index (Phi) is 3.43. The molecule has 0 saturated carbocycles. The lowest BCUT2D eigenvalue weighted by molar-refractivity contribution is -0.384. The molecule has 0 unspecified atom stereocenters. The maximum atomic E-state index is 10.6. The number of hydrogen-bond acceptors (Lipinski definition) is 3. The van der Waals surface area contributed by atoms with Crippen LogP contribution in [0.2, 0.25) is 0 Å². The standard InChI is InChI=1S/C6H7N3O3.ClH/c1-8-3-4(9(11)12)2-5(8)6(7)10;/h2-3H,1H3,(H2,7,10);1H. The first kappa shape index (κ1) is 11.4. The minimum absolute atomic E-state index is 0. The van der Waals surface area contributed by atoms with Gasteiger partial charge in [-0.2, -0.15) is 0 Å². The van der Waals surface area contributed by atoms with Crippen molar-refractivity contribution in [3.63, 3.8) is 0 Å². The van der Waals surface area contributed by atoms with Crippen molar-refractivity contribution in [2.75, 3.05) is 0 Å². The highest BCUT2D eigenvalue weighted by molar-refractivity contribution is 5.92. The average molecular weight is 206 g/mol. The molecule has 0 aliphatic heterocycles. The van der Waals surface area contributed by atoms with Crippen molar-refractivity contribution in [2.45, 2.75) is 0 Å². The fourth-order valence-electron chi connectivity index (χ4n) is 0.892. The van der Waals surface area contributed by atoms with Gasteiger partial charge in [0, 0.05) is 13.1 Å². The Morgan fingerprint density at radius 2 is 2.23 bits per heavy atom. The van der Waals surface area contributed by atoms with Gasteiger partial charge < -0.3 is 10.3 Å². The van der Waals surface area contributed by atoms with Crippen LogP contribution in [0.1, 0.15) is 10.5 Å². The van der Waals surface area contributed by atoms with E-state index in [2.05, 4.69) is 0 Å².